The van der Waals surface area contributed by atoms with Gasteiger partial charge in [0.05, 0.1) is 28.7 Å². The maximum Gasteiger partial charge on any atom is 0.266 e. The van der Waals surface area contributed by atoms with Gasteiger partial charge in [-0.15, -0.1) is 0 Å². The molecule has 1 amide bonds. The number of piperazine rings is 1. The van der Waals surface area contributed by atoms with E-state index in [1.165, 1.54) is 16.8 Å². The summed E-state index contributed by atoms with van der Waals surface area (Å²) in [5, 5.41) is 6.12. The lowest BCUT2D eigenvalue weighted by molar-refractivity contribution is 0.0253. The van der Waals surface area contributed by atoms with E-state index in [0.717, 1.165) is 37.8 Å². The van der Waals surface area contributed by atoms with Crippen molar-refractivity contribution in [3.8, 4) is 11.3 Å². The Kier molecular flexibility index (Phi) is 6.50. The molecule has 0 spiro atoms. The molecule has 208 valence electrons. The average Bonchev–Trinajstić information content (AvgIpc) is 3.51. The molecule has 40 heavy (non-hydrogen) atoms. The summed E-state index contributed by atoms with van der Waals surface area (Å²) in [6.45, 7) is 8.61. The fourth-order valence-corrected chi connectivity index (χ4v) is 5.77. The number of halogens is 3. The number of likely N-dealkylation sites (N-methyl/N-ethyl adjacent to an activating group) is 1. The number of alkyl halides is 2. The van der Waals surface area contributed by atoms with Gasteiger partial charge in [0, 0.05) is 56.2 Å². The molecule has 8 nitrogen and oxygen atoms in total. The third-order valence-electron chi connectivity index (χ3n) is 7.85. The van der Waals surface area contributed by atoms with E-state index in [4.69, 9.17) is 0 Å². The summed E-state index contributed by atoms with van der Waals surface area (Å²) >= 11 is 0. The van der Waals surface area contributed by atoms with Crippen LogP contribution in [0.15, 0.2) is 48.9 Å². The number of fused-ring (bicyclic) bond motifs is 2. The molecular weight excluding hydrogens is 519 g/mol. The van der Waals surface area contributed by atoms with Gasteiger partial charge in [-0.2, -0.15) is 0 Å². The highest BCUT2D eigenvalue weighted by Crippen LogP contribution is 2.36. The van der Waals surface area contributed by atoms with Gasteiger partial charge >= 0.3 is 0 Å². The highest BCUT2D eigenvalue weighted by atomic mass is 19.3. The molecule has 6 rings (SSSR count). The minimum absolute atomic E-state index is 0.0669. The Balaban J connectivity index is 1.27. The van der Waals surface area contributed by atoms with Crippen LogP contribution < -0.4 is 10.6 Å². The summed E-state index contributed by atoms with van der Waals surface area (Å²) in [6.07, 6.45) is 1.72. The molecule has 0 saturated carbocycles. The lowest BCUT2D eigenvalue weighted by Crippen LogP contribution is -2.57. The van der Waals surface area contributed by atoms with Crippen LogP contribution in [0.4, 0.5) is 24.7 Å². The predicted octanol–water partition coefficient (Wildman–Crippen LogP) is 4.99. The second-order valence-corrected chi connectivity index (χ2v) is 11.1. The minimum atomic E-state index is -2.94. The first-order valence-corrected chi connectivity index (χ1v) is 13.2. The van der Waals surface area contributed by atoms with E-state index in [1.807, 2.05) is 24.4 Å². The van der Waals surface area contributed by atoms with Crippen LogP contribution in [0.1, 0.15) is 47.3 Å². The number of carbonyl (C=O) groups excluding carboxylic acids is 1. The molecule has 1 aromatic carbocycles. The Hall–Kier alpha value is -3.96. The molecule has 5 heterocycles. The van der Waals surface area contributed by atoms with E-state index in [9.17, 15) is 18.0 Å². The van der Waals surface area contributed by atoms with E-state index in [1.54, 1.807) is 6.07 Å². The van der Waals surface area contributed by atoms with Gasteiger partial charge in [0.2, 0.25) is 0 Å². The number of aromatic nitrogens is 3. The fourth-order valence-electron chi connectivity index (χ4n) is 5.77. The van der Waals surface area contributed by atoms with Crippen LogP contribution in [-0.2, 0) is 13.1 Å². The number of hydrogen-bond acceptors (Lipinski definition) is 6. The third-order valence-corrected chi connectivity index (χ3v) is 7.85. The first-order chi connectivity index (χ1) is 19.1. The van der Waals surface area contributed by atoms with Crippen LogP contribution in [0.25, 0.3) is 16.9 Å². The summed E-state index contributed by atoms with van der Waals surface area (Å²) in [6, 6.07) is 8.58. The Bertz CT molecular complexity index is 1600. The van der Waals surface area contributed by atoms with Gasteiger partial charge in [-0.3, -0.25) is 14.1 Å². The van der Waals surface area contributed by atoms with Crippen molar-refractivity contribution in [2.75, 3.05) is 32.0 Å². The number of nitrogens with one attached hydrogen (secondary N) is 2. The second kappa shape index (κ2) is 9.90. The topological polar surface area (TPSA) is 77.8 Å². The number of nitrogens with zero attached hydrogens (tertiary/aromatic N) is 5. The summed E-state index contributed by atoms with van der Waals surface area (Å²) in [4.78, 5) is 26.3. The zero-order valence-electron chi connectivity index (χ0n) is 22.5. The Morgan fingerprint density at radius 3 is 2.65 bits per heavy atom. The van der Waals surface area contributed by atoms with Gasteiger partial charge in [0.1, 0.15) is 5.82 Å². The quantitative estimate of drug-likeness (QED) is 0.353. The first-order valence-electron chi connectivity index (χ1n) is 13.2. The normalized spacial score (nSPS) is 17.4. The Labute approximate surface area is 229 Å². The van der Waals surface area contributed by atoms with Crippen LogP contribution in [0, 0.1) is 5.82 Å². The summed E-state index contributed by atoms with van der Waals surface area (Å²) in [5.74, 6) is -0.695. The summed E-state index contributed by atoms with van der Waals surface area (Å²) < 4.78 is 42.4. The second-order valence-electron chi connectivity index (χ2n) is 11.1. The standard InChI is InChI=1S/C29H30F3N7O/c1-29(2)16-37(3)10-11-38(29)15-17-4-7-23(33-12-17)36-21-6-5-18(20-13-35-28(40)24(20)21)22-14-34-27-25(30)19(26(31)32)8-9-39(22)27/h4-9,12,14,26H,10-11,13,15-16H2,1-3H3,(H,33,36)(H,35,40). The van der Waals surface area contributed by atoms with Crippen molar-refractivity contribution in [3.05, 3.63) is 77.0 Å². The number of imidazole rings is 1. The number of benzene rings is 1. The van der Waals surface area contributed by atoms with Gasteiger partial charge < -0.3 is 15.5 Å². The van der Waals surface area contributed by atoms with E-state index < -0.39 is 17.8 Å². The van der Waals surface area contributed by atoms with Gasteiger partial charge in [0.15, 0.2) is 11.5 Å². The fraction of sp³-hybridized carbons (Fsp3) is 0.345. The molecule has 3 aromatic heterocycles. The number of pyridine rings is 2. The molecule has 0 atom stereocenters. The first kappa shape index (κ1) is 26.3. The molecule has 2 aliphatic heterocycles. The molecule has 0 unspecified atom stereocenters. The van der Waals surface area contributed by atoms with Crippen molar-refractivity contribution in [1.82, 2.24) is 29.5 Å². The number of hydrogen-bond donors (Lipinski definition) is 2. The van der Waals surface area contributed by atoms with Gasteiger partial charge in [0.25, 0.3) is 12.3 Å². The largest absolute Gasteiger partial charge is 0.348 e. The van der Waals surface area contributed by atoms with Gasteiger partial charge in [-0.05, 0) is 50.2 Å². The maximum atomic E-state index is 14.7. The Morgan fingerprint density at radius 2 is 1.93 bits per heavy atom. The van der Waals surface area contributed by atoms with Crippen molar-refractivity contribution in [2.45, 2.75) is 38.9 Å². The van der Waals surface area contributed by atoms with Crippen LogP contribution in [0.5, 0.6) is 0 Å². The highest BCUT2D eigenvalue weighted by molar-refractivity contribution is 6.06. The molecule has 1 saturated heterocycles. The SMILES string of the molecule is CN1CCN(Cc2ccc(Nc3ccc(-c4cnc5c(F)c(C(F)F)ccn45)c4c3C(=O)NC4)nc2)C(C)(C)C1. The number of rotatable bonds is 6. The van der Waals surface area contributed by atoms with Crippen molar-refractivity contribution in [2.24, 2.45) is 0 Å². The zero-order valence-corrected chi connectivity index (χ0v) is 22.5. The smallest absolute Gasteiger partial charge is 0.266 e. The van der Waals surface area contributed by atoms with Crippen LogP contribution in [0.3, 0.4) is 0 Å². The molecule has 4 aromatic rings. The minimum Gasteiger partial charge on any atom is -0.348 e. The van der Waals surface area contributed by atoms with Crippen molar-refractivity contribution in [1.29, 1.82) is 0 Å². The van der Waals surface area contributed by atoms with E-state index in [0.29, 0.717) is 33.9 Å². The molecule has 2 aliphatic rings. The zero-order chi connectivity index (χ0) is 28.2. The maximum absolute atomic E-state index is 14.7. The van der Waals surface area contributed by atoms with Crippen molar-refractivity contribution >= 4 is 23.1 Å². The van der Waals surface area contributed by atoms with Gasteiger partial charge in [-0.25, -0.2) is 23.1 Å². The molecular formula is C29H30F3N7O. The average molecular weight is 550 g/mol. The van der Waals surface area contributed by atoms with Gasteiger partial charge in [-0.1, -0.05) is 12.1 Å². The Morgan fingerprint density at radius 1 is 1.10 bits per heavy atom. The van der Waals surface area contributed by atoms with Crippen molar-refractivity contribution in [3.63, 3.8) is 0 Å². The molecule has 0 bridgehead atoms. The lowest BCUT2D eigenvalue weighted by atomic mass is 9.98. The molecule has 0 aliphatic carbocycles. The summed E-state index contributed by atoms with van der Waals surface area (Å²) in [5.41, 5.74) is 3.22. The summed E-state index contributed by atoms with van der Waals surface area (Å²) in [7, 11) is 2.15. The monoisotopic (exact) mass is 549 g/mol. The lowest BCUT2D eigenvalue weighted by Gasteiger charge is -2.46. The molecule has 0 radical (unpaired) electrons. The number of carbonyl (C=O) groups is 1. The third kappa shape index (κ3) is 4.58. The van der Waals surface area contributed by atoms with Crippen LogP contribution >= 0.6 is 0 Å². The predicted molar refractivity (Wildman–Crippen MR) is 146 cm³/mol. The van der Waals surface area contributed by atoms with Crippen LogP contribution in [0.2, 0.25) is 0 Å². The number of amides is 1. The van der Waals surface area contributed by atoms with E-state index in [2.05, 4.69) is 51.3 Å². The number of anilines is 2. The van der Waals surface area contributed by atoms with Crippen LogP contribution in [-0.4, -0.2) is 62.3 Å². The van der Waals surface area contributed by atoms with E-state index >= 15 is 0 Å². The van der Waals surface area contributed by atoms with Crippen molar-refractivity contribution < 1.29 is 18.0 Å². The highest BCUT2D eigenvalue weighted by Gasteiger charge is 2.32. The van der Waals surface area contributed by atoms with E-state index in [-0.39, 0.29) is 23.6 Å². The molecule has 1 fully saturated rings. The molecule has 2 N–H and O–H groups in total. The molecule has 11 heteroatoms.